The van der Waals surface area contributed by atoms with Gasteiger partial charge in [-0.05, 0) is 99.1 Å². The van der Waals surface area contributed by atoms with Crippen LogP contribution in [0, 0.1) is 19.8 Å². The van der Waals surface area contributed by atoms with Gasteiger partial charge in [-0.15, -0.1) is 0 Å². The zero-order valence-corrected chi connectivity index (χ0v) is 24.5. The topological polar surface area (TPSA) is 87.7 Å². The molecule has 0 bridgehead atoms. The van der Waals surface area contributed by atoms with Crippen LogP contribution < -0.4 is 10.6 Å². The van der Waals surface area contributed by atoms with Gasteiger partial charge < -0.3 is 20.3 Å². The summed E-state index contributed by atoms with van der Waals surface area (Å²) in [4.78, 5) is 41.9. The Bertz CT molecular complexity index is 912. The molecular weight excluding hydrogens is 454 g/mol. The third kappa shape index (κ3) is 10.2. The fraction of sp³-hybridized carbons (Fsp3) is 0.690. The molecule has 0 aromatic heterocycles. The second kappa shape index (κ2) is 12.6. The van der Waals surface area contributed by atoms with E-state index >= 15 is 0 Å². The maximum atomic E-state index is 14.0. The molecule has 7 heteroatoms. The van der Waals surface area contributed by atoms with Gasteiger partial charge in [0.05, 0.1) is 0 Å². The van der Waals surface area contributed by atoms with Gasteiger partial charge >= 0.3 is 6.09 Å². The number of carbonyl (C=O) groups is 3. The number of hydrogen-bond acceptors (Lipinski definition) is 4. The van der Waals surface area contributed by atoms with Gasteiger partial charge in [-0.3, -0.25) is 9.59 Å². The molecule has 1 aromatic rings. The standard InChI is InChI=1S/C29H49N3O4/c1-18(2)13-16-21(5)32(26(34)22(6)30-27(35)36-29(10,11)12)24(25(33)31-28(7,8)9)23-17-19(3)14-15-20(23)4/h14-15,17-18,21-22,24H,13,16H2,1-12H3,(H,30,35)(H,31,33). The summed E-state index contributed by atoms with van der Waals surface area (Å²) in [5, 5.41) is 5.76. The van der Waals surface area contributed by atoms with Crippen LogP contribution in [0.25, 0.3) is 0 Å². The minimum absolute atomic E-state index is 0.238. The van der Waals surface area contributed by atoms with E-state index in [-0.39, 0.29) is 17.9 Å². The Kier molecular flexibility index (Phi) is 11.0. The van der Waals surface area contributed by atoms with Crippen molar-refractivity contribution in [3.05, 3.63) is 34.9 Å². The van der Waals surface area contributed by atoms with Gasteiger partial charge in [0.15, 0.2) is 0 Å². The molecule has 1 aromatic carbocycles. The number of nitrogens with one attached hydrogen (secondary N) is 2. The van der Waals surface area contributed by atoms with Crippen molar-refractivity contribution in [1.82, 2.24) is 15.5 Å². The first kappa shape index (κ1) is 31.5. The summed E-state index contributed by atoms with van der Waals surface area (Å²) in [7, 11) is 0. The van der Waals surface area contributed by atoms with Crippen molar-refractivity contribution in [1.29, 1.82) is 0 Å². The van der Waals surface area contributed by atoms with Crippen LogP contribution in [-0.2, 0) is 14.3 Å². The third-order valence-electron chi connectivity index (χ3n) is 5.75. The summed E-state index contributed by atoms with van der Waals surface area (Å²) in [6.45, 7) is 22.9. The van der Waals surface area contributed by atoms with E-state index < -0.39 is 29.3 Å². The Labute approximate surface area is 218 Å². The molecule has 0 radical (unpaired) electrons. The summed E-state index contributed by atoms with van der Waals surface area (Å²) in [5.74, 6) is -0.123. The van der Waals surface area contributed by atoms with E-state index in [1.54, 1.807) is 32.6 Å². The summed E-state index contributed by atoms with van der Waals surface area (Å²) in [6.07, 6.45) is 0.965. The van der Waals surface area contributed by atoms with Crippen molar-refractivity contribution >= 4 is 17.9 Å². The number of ether oxygens (including phenoxy) is 1. The fourth-order valence-electron chi connectivity index (χ4n) is 3.99. The average molecular weight is 504 g/mol. The van der Waals surface area contributed by atoms with Gasteiger partial charge in [-0.2, -0.15) is 0 Å². The predicted octanol–water partition coefficient (Wildman–Crippen LogP) is 5.83. The average Bonchev–Trinajstić information content (AvgIpc) is 2.68. The fourth-order valence-corrected chi connectivity index (χ4v) is 3.99. The molecule has 0 aliphatic heterocycles. The molecule has 1 rings (SSSR count). The first-order chi connectivity index (χ1) is 16.3. The molecule has 3 unspecified atom stereocenters. The van der Waals surface area contributed by atoms with Crippen LogP contribution in [0.4, 0.5) is 4.79 Å². The molecule has 0 heterocycles. The van der Waals surface area contributed by atoms with Crippen LogP contribution in [0.1, 0.15) is 105 Å². The Morgan fingerprint density at radius 3 is 2.03 bits per heavy atom. The van der Waals surface area contributed by atoms with Crippen LogP contribution in [-0.4, -0.2) is 46.0 Å². The minimum atomic E-state index is -0.878. The van der Waals surface area contributed by atoms with E-state index in [4.69, 9.17) is 4.74 Å². The zero-order valence-electron chi connectivity index (χ0n) is 24.5. The summed E-state index contributed by atoms with van der Waals surface area (Å²) < 4.78 is 5.37. The van der Waals surface area contributed by atoms with Crippen LogP contribution in [0.2, 0.25) is 0 Å². The normalized spacial score (nSPS) is 14.6. The summed E-state index contributed by atoms with van der Waals surface area (Å²) in [6, 6.07) is 3.99. The number of benzene rings is 1. The van der Waals surface area contributed by atoms with E-state index in [1.807, 2.05) is 59.7 Å². The highest BCUT2D eigenvalue weighted by Gasteiger charge is 2.39. The largest absolute Gasteiger partial charge is 0.444 e. The van der Waals surface area contributed by atoms with Gasteiger partial charge in [0.1, 0.15) is 17.7 Å². The highest BCUT2D eigenvalue weighted by atomic mass is 16.6. The lowest BCUT2D eigenvalue weighted by Gasteiger charge is -2.40. The maximum Gasteiger partial charge on any atom is 0.408 e. The maximum absolute atomic E-state index is 14.0. The van der Waals surface area contributed by atoms with Gasteiger partial charge in [0, 0.05) is 11.6 Å². The third-order valence-corrected chi connectivity index (χ3v) is 5.75. The van der Waals surface area contributed by atoms with Crippen molar-refractivity contribution in [3.8, 4) is 0 Å². The quantitative estimate of drug-likeness (QED) is 0.444. The van der Waals surface area contributed by atoms with Crippen LogP contribution in [0.3, 0.4) is 0 Å². The van der Waals surface area contributed by atoms with Crippen LogP contribution >= 0.6 is 0 Å². The number of rotatable bonds is 9. The molecule has 0 fully saturated rings. The van der Waals surface area contributed by atoms with E-state index in [0.29, 0.717) is 5.92 Å². The Hall–Kier alpha value is -2.57. The van der Waals surface area contributed by atoms with E-state index in [9.17, 15) is 14.4 Å². The van der Waals surface area contributed by atoms with Gasteiger partial charge in [0.25, 0.3) is 0 Å². The van der Waals surface area contributed by atoms with Gasteiger partial charge in [0.2, 0.25) is 11.8 Å². The molecule has 204 valence electrons. The lowest BCUT2D eigenvalue weighted by Crippen LogP contribution is -2.56. The number of aryl methyl sites for hydroxylation is 2. The first-order valence-corrected chi connectivity index (χ1v) is 13.0. The monoisotopic (exact) mass is 503 g/mol. The molecule has 7 nitrogen and oxygen atoms in total. The van der Waals surface area contributed by atoms with E-state index in [1.165, 1.54) is 0 Å². The van der Waals surface area contributed by atoms with Crippen molar-refractivity contribution in [2.45, 2.75) is 125 Å². The van der Waals surface area contributed by atoms with Gasteiger partial charge in [-0.25, -0.2) is 4.79 Å². The second-order valence-electron chi connectivity index (χ2n) is 12.4. The summed E-state index contributed by atoms with van der Waals surface area (Å²) in [5.41, 5.74) is 1.54. The number of hydrogen-bond donors (Lipinski definition) is 2. The van der Waals surface area contributed by atoms with Crippen LogP contribution in [0.15, 0.2) is 18.2 Å². The van der Waals surface area contributed by atoms with E-state index in [2.05, 4.69) is 24.5 Å². The molecule has 36 heavy (non-hydrogen) atoms. The number of nitrogens with zero attached hydrogens (tertiary/aromatic N) is 1. The number of carbonyl (C=O) groups excluding carboxylic acids is 3. The lowest BCUT2D eigenvalue weighted by molar-refractivity contribution is -0.145. The molecule has 0 spiro atoms. The van der Waals surface area contributed by atoms with Crippen molar-refractivity contribution in [2.75, 3.05) is 0 Å². The Morgan fingerprint density at radius 1 is 0.944 bits per heavy atom. The summed E-state index contributed by atoms with van der Waals surface area (Å²) >= 11 is 0. The van der Waals surface area contributed by atoms with Crippen molar-refractivity contribution < 1.29 is 19.1 Å². The van der Waals surface area contributed by atoms with Gasteiger partial charge in [-0.1, -0.05) is 37.6 Å². The zero-order chi connectivity index (χ0) is 28.0. The van der Waals surface area contributed by atoms with Crippen molar-refractivity contribution in [2.24, 2.45) is 5.92 Å². The molecule has 3 atom stereocenters. The highest BCUT2D eigenvalue weighted by Crippen LogP contribution is 2.30. The highest BCUT2D eigenvalue weighted by molar-refractivity contribution is 5.92. The molecular formula is C29H49N3O4. The molecule has 2 N–H and O–H groups in total. The Balaban J connectivity index is 3.57. The molecule has 0 aliphatic carbocycles. The van der Waals surface area contributed by atoms with Crippen LogP contribution in [0.5, 0.6) is 0 Å². The minimum Gasteiger partial charge on any atom is -0.444 e. The molecule has 0 saturated heterocycles. The SMILES string of the molecule is Cc1ccc(C)c(C(C(=O)NC(C)(C)C)N(C(=O)C(C)NC(=O)OC(C)(C)C)C(C)CCC(C)C)c1. The molecule has 0 saturated carbocycles. The lowest BCUT2D eigenvalue weighted by atomic mass is 9.93. The smallest absolute Gasteiger partial charge is 0.408 e. The molecule has 3 amide bonds. The van der Waals surface area contributed by atoms with Crippen molar-refractivity contribution in [3.63, 3.8) is 0 Å². The predicted molar refractivity (Wildman–Crippen MR) is 146 cm³/mol. The molecule has 0 aliphatic rings. The number of amides is 3. The first-order valence-electron chi connectivity index (χ1n) is 13.0. The number of alkyl carbamates (subject to hydrolysis) is 1. The Morgan fingerprint density at radius 2 is 1.53 bits per heavy atom. The van der Waals surface area contributed by atoms with E-state index in [0.717, 1.165) is 29.5 Å². The second-order valence-corrected chi connectivity index (χ2v) is 12.4.